The second kappa shape index (κ2) is 13.1. The van der Waals surface area contributed by atoms with E-state index in [2.05, 4.69) is 15.8 Å². The number of fused-ring (bicyclic) bond motifs is 1. The molecule has 0 bridgehead atoms. The Morgan fingerprint density at radius 3 is 2.26 bits per heavy atom. The van der Waals surface area contributed by atoms with Crippen LogP contribution in [0.25, 0.3) is 10.9 Å². The zero-order valence-corrected chi connectivity index (χ0v) is 23.5. The molecule has 6 N–H and O–H groups in total. The smallest absolute Gasteiger partial charge is 0.334 e. The molecule has 1 aromatic heterocycles. The molecule has 0 saturated carbocycles. The van der Waals surface area contributed by atoms with Gasteiger partial charge in [-0.15, -0.1) is 5.10 Å². The first kappa shape index (κ1) is 30.6. The number of benzene rings is 3. The number of halogens is 4. The Kier molecular flexibility index (Phi) is 9.54. The van der Waals surface area contributed by atoms with Gasteiger partial charge in [-0.25, -0.2) is 5.84 Å². The molecule has 1 amide bonds. The molecule has 8 nitrogen and oxygen atoms in total. The molecule has 220 valence electrons. The van der Waals surface area contributed by atoms with Crippen LogP contribution in [0.2, 0.25) is 5.02 Å². The summed E-state index contributed by atoms with van der Waals surface area (Å²) in [5, 5.41) is 7.02. The Morgan fingerprint density at radius 2 is 1.67 bits per heavy atom. The highest BCUT2D eigenvalue weighted by Crippen LogP contribution is 2.31. The van der Waals surface area contributed by atoms with Gasteiger partial charge in [0.1, 0.15) is 0 Å². The molecule has 0 spiro atoms. The zero-order valence-electron chi connectivity index (χ0n) is 22.7. The van der Waals surface area contributed by atoms with E-state index in [0.29, 0.717) is 34.7 Å². The zero-order chi connectivity index (χ0) is 30.4. The standard InChI is InChI=1S/C30H30ClF3N6O2/c1-2-3-21(14-18-4-8-20(9-5-18)28(42)37-29(38-35)39-36)27(41)26-16-22-15-24(31)12-13-25(22)40(26)17-19-6-10-23(11-7-19)30(32,33)34/h4-13,15-16,21H,2-3,14,17,35-36H2,1H3,(H2,37,38,39,42). The van der Waals surface area contributed by atoms with Crippen molar-refractivity contribution in [3.63, 3.8) is 0 Å². The molecular weight excluding hydrogens is 569 g/mol. The predicted octanol–water partition coefficient (Wildman–Crippen LogP) is 5.63. The monoisotopic (exact) mass is 598 g/mol. The number of hydrazine groups is 1. The maximum absolute atomic E-state index is 14.0. The molecule has 1 unspecified atom stereocenters. The van der Waals surface area contributed by atoms with Gasteiger partial charge >= 0.3 is 6.18 Å². The van der Waals surface area contributed by atoms with E-state index >= 15 is 0 Å². The van der Waals surface area contributed by atoms with Crippen molar-refractivity contribution < 1.29 is 22.8 Å². The van der Waals surface area contributed by atoms with Gasteiger partial charge in [0, 0.05) is 34.0 Å². The summed E-state index contributed by atoms with van der Waals surface area (Å²) in [6.07, 6.45) is -2.64. The van der Waals surface area contributed by atoms with Gasteiger partial charge in [-0.1, -0.05) is 49.2 Å². The number of Topliss-reactive ketones (excluding diaryl/α,β-unsaturated/α-hetero) is 1. The fourth-order valence-corrected chi connectivity index (χ4v) is 5.02. The second-order valence-corrected chi connectivity index (χ2v) is 10.3. The number of carbonyl (C=O) groups excluding carboxylic acids is 2. The fraction of sp³-hybridized carbons (Fsp3) is 0.233. The largest absolute Gasteiger partial charge is 0.416 e. The maximum atomic E-state index is 14.0. The number of ketones is 1. The number of aromatic nitrogens is 1. The van der Waals surface area contributed by atoms with Gasteiger partial charge < -0.3 is 10.4 Å². The molecule has 0 radical (unpaired) electrons. The van der Waals surface area contributed by atoms with Crippen molar-refractivity contribution in [2.45, 2.75) is 38.9 Å². The van der Waals surface area contributed by atoms with Crippen LogP contribution in [0.4, 0.5) is 13.2 Å². The van der Waals surface area contributed by atoms with Crippen molar-refractivity contribution >= 4 is 40.2 Å². The summed E-state index contributed by atoms with van der Waals surface area (Å²) in [6, 6.07) is 18.8. The van der Waals surface area contributed by atoms with E-state index in [4.69, 9.17) is 23.3 Å². The van der Waals surface area contributed by atoms with Crippen LogP contribution in [-0.2, 0) is 19.1 Å². The fourth-order valence-electron chi connectivity index (χ4n) is 4.84. The first-order valence-electron chi connectivity index (χ1n) is 13.2. The van der Waals surface area contributed by atoms with Gasteiger partial charge in [0.2, 0.25) is 5.96 Å². The lowest BCUT2D eigenvalue weighted by Crippen LogP contribution is -2.45. The van der Waals surface area contributed by atoms with Crippen molar-refractivity contribution in [1.82, 2.24) is 15.3 Å². The first-order chi connectivity index (χ1) is 20.0. The lowest BCUT2D eigenvalue weighted by atomic mass is 9.89. The molecule has 4 rings (SSSR count). The van der Waals surface area contributed by atoms with Gasteiger partial charge in [0.25, 0.3) is 5.91 Å². The Hall–Kier alpha value is -4.35. The number of guanidine groups is 1. The van der Waals surface area contributed by atoms with Crippen LogP contribution in [0.1, 0.15) is 57.3 Å². The summed E-state index contributed by atoms with van der Waals surface area (Å²) in [5.41, 5.74) is 4.47. The molecular formula is C30H30ClF3N6O2. The van der Waals surface area contributed by atoms with Crippen molar-refractivity contribution in [3.05, 3.63) is 106 Å². The van der Waals surface area contributed by atoms with Crippen LogP contribution in [-0.4, -0.2) is 22.2 Å². The number of rotatable bonds is 9. The Balaban J connectivity index is 1.62. The Bertz CT molecular complexity index is 1600. The summed E-state index contributed by atoms with van der Waals surface area (Å²) in [4.78, 5) is 26.4. The van der Waals surface area contributed by atoms with Crippen LogP contribution < -0.4 is 22.4 Å². The number of hydrazone groups is 1. The summed E-state index contributed by atoms with van der Waals surface area (Å²) < 4.78 is 41.1. The van der Waals surface area contributed by atoms with E-state index in [9.17, 15) is 22.8 Å². The van der Waals surface area contributed by atoms with Gasteiger partial charge in [0.15, 0.2) is 5.78 Å². The van der Waals surface area contributed by atoms with Crippen LogP contribution in [0.5, 0.6) is 0 Å². The van der Waals surface area contributed by atoms with E-state index in [1.807, 2.05) is 11.5 Å². The topological polar surface area (TPSA) is 128 Å². The summed E-state index contributed by atoms with van der Waals surface area (Å²) in [5.74, 6) is 9.38. The van der Waals surface area contributed by atoms with E-state index < -0.39 is 17.6 Å². The average molecular weight is 599 g/mol. The van der Waals surface area contributed by atoms with Gasteiger partial charge in [0.05, 0.1) is 11.3 Å². The lowest BCUT2D eigenvalue weighted by Gasteiger charge is -2.18. The number of hydrogen-bond donors (Lipinski definition) is 4. The minimum atomic E-state index is -4.44. The van der Waals surface area contributed by atoms with Gasteiger partial charge in [-0.2, -0.15) is 13.2 Å². The number of nitrogens with one attached hydrogen (secondary N) is 2. The minimum Gasteiger partial charge on any atom is -0.334 e. The SMILES string of the molecule is CCCC(Cc1ccc(C(=O)N/C(=N/N)NN)cc1)C(=O)c1cc2cc(Cl)ccc2n1Cc1ccc(C(F)(F)F)cc1. The summed E-state index contributed by atoms with van der Waals surface area (Å²) >= 11 is 6.23. The second-order valence-electron chi connectivity index (χ2n) is 9.84. The van der Waals surface area contributed by atoms with E-state index in [-0.39, 0.29) is 24.2 Å². The third-order valence-corrected chi connectivity index (χ3v) is 7.18. The highest BCUT2D eigenvalue weighted by atomic mass is 35.5. The third-order valence-electron chi connectivity index (χ3n) is 6.94. The average Bonchev–Trinajstić information content (AvgIpc) is 3.32. The number of nitrogens with zero attached hydrogens (tertiary/aromatic N) is 2. The molecule has 4 aromatic rings. The highest BCUT2D eigenvalue weighted by Gasteiger charge is 2.30. The molecule has 42 heavy (non-hydrogen) atoms. The van der Waals surface area contributed by atoms with Gasteiger partial charge in [-0.05, 0) is 72.5 Å². The number of alkyl halides is 3. The Labute approximate surface area is 245 Å². The molecule has 0 saturated heterocycles. The molecule has 0 fully saturated rings. The van der Waals surface area contributed by atoms with Gasteiger partial charge in [-0.3, -0.25) is 20.3 Å². The number of hydrogen-bond acceptors (Lipinski definition) is 5. The molecule has 1 atom stereocenters. The molecule has 1 heterocycles. The van der Waals surface area contributed by atoms with E-state index in [1.54, 1.807) is 48.5 Å². The number of amides is 1. The van der Waals surface area contributed by atoms with Crippen molar-refractivity contribution in [1.29, 1.82) is 0 Å². The third kappa shape index (κ3) is 7.10. The predicted molar refractivity (Wildman–Crippen MR) is 157 cm³/mol. The summed E-state index contributed by atoms with van der Waals surface area (Å²) in [6.45, 7) is 2.20. The normalized spacial score (nSPS) is 12.8. The number of nitrogens with two attached hydrogens (primary N) is 2. The lowest BCUT2D eigenvalue weighted by molar-refractivity contribution is -0.137. The van der Waals surface area contributed by atoms with Crippen LogP contribution >= 0.6 is 11.6 Å². The van der Waals surface area contributed by atoms with Crippen LogP contribution in [0, 0.1) is 5.92 Å². The van der Waals surface area contributed by atoms with Crippen molar-refractivity contribution in [2.24, 2.45) is 22.7 Å². The molecule has 0 aliphatic heterocycles. The minimum absolute atomic E-state index is 0.0873. The highest BCUT2D eigenvalue weighted by molar-refractivity contribution is 6.31. The number of carbonyl (C=O) groups is 2. The molecule has 3 aromatic carbocycles. The summed E-state index contributed by atoms with van der Waals surface area (Å²) in [7, 11) is 0. The van der Waals surface area contributed by atoms with Crippen molar-refractivity contribution in [3.8, 4) is 0 Å². The first-order valence-corrected chi connectivity index (χ1v) is 13.6. The molecule has 12 heteroatoms. The Morgan fingerprint density at radius 1 is 1.00 bits per heavy atom. The molecule has 0 aliphatic rings. The maximum Gasteiger partial charge on any atom is 0.416 e. The molecule has 0 aliphatic carbocycles. The van der Waals surface area contributed by atoms with E-state index in [1.165, 1.54) is 12.1 Å². The van der Waals surface area contributed by atoms with E-state index in [0.717, 1.165) is 35.0 Å². The van der Waals surface area contributed by atoms with Crippen molar-refractivity contribution in [2.75, 3.05) is 0 Å². The van der Waals surface area contributed by atoms with Crippen LogP contribution in [0.3, 0.4) is 0 Å². The van der Waals surface area contributed by atoms with Crippen LogP contribution in [0.15, 0.2) is 77.9 Å². The quantitative estimate of drug-likeness (QED) is 0.0653.